The number of aryl methyl sites for hydroxylation is 1. The highest BCUT2D eigenvalue weighted by Gasteiger charge is 2.32. The van der Waals surface area contributed by atoms with E-state index in [1.165, 1.54) is 4.90 Å². The molecule has 0 amide bonds. The molecule has 0 saturated carbocycles. The lowest BCUT2D eigenvalue weighted by molar-refractivity contribution is -0.151. The van der Waals surface area contributed by atoms with Crippen molar-refractivity contribution >= 4 is 5.82 Å². The van der Waals surface area contributed by atoms with Crippen molar-refractivity contribution in [1.82, 2.24) is 14.9 Å². The molecule has 0 aromatic carbocycles. The fourth-order valence-corrected chi connectivity index (χ4v) is 1.61. The Morgan fingerprint density at radius 1 is 1.37 bits per heavy atom. The molecule has 0 atom stereocenters. The number of anilines is 1. The van der Waals surface area contributed by atoms with Crippen LogP contribution in [0.3, 0.4) is 0 Å². The summed E-state index contributed by atoms with van der Waals surface area (Å²) >= 11 is 0. The fourth-order valence-electron chi connectivity index (χ4n) is 1.61. The lowest BCUT2D eigenvalue weighted by atomic mass is 10.3. The summed E-state index contributed by atoms with van der Waals surface area (Å²) in [5, 5.41) is 0. The molecule has 0 fully saturated rings. The second kappa shape index (κ2) is 6.16. The van der Waals surface area contributed by atoms with Crippen molar-refractivity contribution in [2.45, 2.75) is 39.5 Å². The summed E-state index contributed by atoms with van der Waals surface area (Å²) in [7, 11) is 0. The molecule has 0 radical (unpaired) electrons. The largest absolute Gasteiger partial charge is 0.401 e. The summed E-state index contributed by atoms with van der Waals surface area (Å²) in [6, 6.07) is 1.35. The van der Waals surface area contributed by atoms with E-state index in [-0.39, 0.29) is 12.6 Å². The van der Waals surface area contributed by atoms with Crippen LogP contribution in [-0.2, 0) is 6.54 Å². The summed E-state index contributed by atoms with van der Waals surface area (Å²) in [6.45, 7) is 4.16. The lowest BCUT2D eigenvalue weighted by Gasteiger charge is -2.26. The van der Waals surface area contributed by atoms with E-state index < -0.39 is 12.7 Å². The SMILES string of the molecule is Cc1cc(NN)nc(CN(CC(F)(F)F)C(C)C)n1. The molecule has 0 bridgehead atoms. The van der Waals surface area contributed by atoms with Gasteiger partial charge in [0.2, 0.25) is 0 Å². The summed E-state index contributed by atoms with van der Waals surface area (Å²) in [4.78, 5) is 9.43. The van der Waals surface area contributed by atoms with Crippen LogP contribution < -0.4 is 11.3 Å². The standard InChI is InChI=1S/C11H18F3N5/c1-7(2)19(6-11(12,13)14)5-10-16-8(3)4-9(17-10)18-15/h4,7H,5-6,15H2,1-3H3,(H,16,17,18). The van der Waals surface area contributed by atoms with Gasteiger partial charge < -0.3 is 5.43 Å². The molecule has 0 unspecified atom stereocenters. The first kappa shape index (κ1) is 15.6. The minimum absolute atomic E-state index is 0.0214. The van der Waals surface area contributed by atoms with Crippen LogP contribution in [0.15, 0.2) is 6.07 Å². The first-order valence-electron chi connectivity index (χ1n) is 5.83. The predicted molar refractivity (Wildman–Crippen MR) is 66.2 cm³/mol. The third-order valence-corrected chi connectivity index (χ3v) is 2.51. The van der Waals surface area contributed by atoms with Crippen LogP contribution in [0.2, 0.25) is 0 Å². The van der Waals surface area contributed by atoms with Crippen LogP contribution in [0, 0.1) is 6.92 Å². The van der Waals surface area contributed by atoms with E-state index in [0.717, 1.165) is 0 Å². The Morgan fingerprint density at radius 2 is 2.00 bits per heavy atom. The zero-order valence-electron chi connectivity index (χ0n) is 11.1. The van der Waals surface area contributed by atoms with E-state index in [0.29, 0.717) is 17.3 Å². The topological polar surface area (TPSA) is 67.1 Å². The second-order valence-electron chi connectivity index (χ2n) is 4.57. The van der Waals surface area contributed by atoms with E-state index in [4.69, 9.17) is 5.84 Å². The minimum atomic E-state index is -4.25. The first-order valence-corrected chi connectivity index (χ1v) is 5.83. The molecule has 0 saturated heterocycles. The Hall–Kier alpha value is -1.41. The molecule has 8 heteroatoms. The molecule has 1 aromatic rings. The maximum Gasteiger partial charge on any atom is 0.401 e. The Labute approximate surface area is 110 Å². The second-order valence-corrected chi connectivity index (χ2v) is 4.57. The smallest absolute Gasteiger partial charge is 0.308 e. The van der Waals surface area contributed by atoms with E-state index in [1.807, 2.05) is 0 Å². The Morgan fingerprint density at radius 3 is 2.47 bits per heavy atom. The number of halogens is 3. The monoisotopic (exact) mass is 277 g/mol. The van der Waals surface area contributed by atoms with E-state index in [2.05, 4.69) is 15.4 Å². The number of nitrogens with two attached hydrogens (primary N) is 1. The van der Waals surface area contributed by atoms with Gasteiger partial charge in [-0.2, -0.15) is 13.2 Å². The van der Waals surface area contributed by atoms with Crippen molar-refractivity contribution < 1.29 is 13.2 Å². The van der Waals surface area contributed by atoms with Gasteiger partial charge in [0.25, 0.3) is 0 Å². The van der Waals surface area contributed by atoms with Crippen molar-refractivity contribution in [3.05, 3.63) is 17.6 Å². The summed E-state index contributed by atoms with van der Waals surface area (Å²) in [6.07, 6.45) is -4.25. The molecular formula is C11H18F3N5. The van der Waals surface area contributed by atoms with E-state index in [9.17, 15) is 13.2 Å². The molecule has 108 valence electrons. The maximum absolute atomic E-state index is 12.5. The number of hydrogen-bond acceptors (Lipinski definition) is 5. The molecule has 1 rings (SSSR count). The molecule has 5 nitrogen and oxygen atoms in total. The van der Waals surface area contributed by atoms with Crippen molar-refractivity contribution in [2.75, 3.05) is 12.0 Å². The van der Waals surface area contributed by atoms with Crippen LogP contribution in [0.5, 0.6) is 0 Å². The van der Waals surface area contributed by atoms with Gasteiger partial charge in [-0.3, -0.25) is 4.90 Å². The zero-order chi connectivity index (χ0) is 14.6. The van der Waals surface area contributed by atoms with Crippen LogP contribution in [-0.4, -0.2) is 33.6 Å². The van der Waals surface area contributed by atoms with Gasteiger partial charge in [0, 0.05) is 17.8 Å². The number of rotatable bonds is 5. The number of hydrogen-bond donors (Lipinski definition) is 2. The average molecular weight is 277 g/mol. The average Bonchev–Trinajstić information content (AvgIpc) is 2.25. The first-order chi connectivity index (χ1) is 8.71. The number of hydrazine groups is 1. The predicted octanol–water partition coefficient (Wildman–Crippen LogP) is 1.84. The van der Waals surface area contributed by atoms with Crippen LogP contribution in [0.25, 0.3) is 0 Å². The number of alkyl halides is 3. The van der Waals surface area contributed by atoms with Gasteiger partial charge in [0.15, 0.2) is 0 Å². The molecule has 19 heavy (non-hydrogen) atoms. The molecule has 1 heterocycles. The highest BCUT2D eigenvalue weighted by molar-refractivity contribution is 5.33. The van der Waals surface area contributed by atoms with Gasteiger partial charge in [0.1, 0.15) is 11.6 Å². The molecule has 1 aromatic heterocycles. The van der Waals surface area contributed by atoms with Gasteiger partial charge >= 0.3 is 6.18 Å². The van der Waals surface area contributed by atoms with Gasteiger partial charge in [-0.1, -0.05) is 0 Å². The molecule has 0 aliphatic rings. The Kier molecular flexibility index (Phi) is 5.07. The lowest BCUT2D eigenvalue weighted by Crippen LogP contribution is -2.39. The van der Waals surface area contributed by atoms with Crippen molar-refractivity contribution in [3.8, 4) is 0 Å². The Balaban J connectivity index is 2.87. The molecule has 0 aliphatic carbocycles. The minimum Gasteiger partial charge on any atom is -0.308 e. The molecule has 3 N–H and O–H groups in total. The van der Waals surface area contributed by atoms with Crippen LogP contribution in [0.1, 0.15) is 25.4 Å². The maximum atomic E-state index is 12.5. The summed E-state index contributed by atoms with van der Waals surface area (Å²) < 4.78 is 37.4. The number of nitrogens with zero attached hydrogens (tertiary/aromatic N) is 3. The highest BCUT2D eigenvalue weighted by Crippen LogP contribution is 2.19. The molecular weight excluding hydrogens is 259 g/mol. The van der Waals surface area contributed by atoms with Crippen molar-refractivity contribution in [2.24, 2.45) is 5.84 Å². The van der Waals surface area contributed by atoms with Crippen molar-refractivity contribution in [3.63, 3.8) is 0 Å². The fraction of sp³-hybridized carbons (Fsp3) is 0.636. The highest BCUT2D eigenvalue weighted by atomic mass is 19.4. The summed E-state index contributed by atoms with van der Waals surface area (Å²) in [5.41, 5.74) is 3.01. The zero-order valence-corrected chi connectivity index (χ0v) is 11.1. The Bertz CT molecular complexity index is 419. The third kappa shape index (κ3) is 5.39. The molecule has 0 spiro atoms. The van der Waals surface area contributed by atoms with Gasteiger partial charge in [-0.25, -0.2) is 15.8 Å². The number of nitrogen functional groups attached to an aromatic ring is 1. The normalized spacial score (nSPS) is 12.3. The van der Waals surface area contributed by atoms with Crippen LogP contribution >= 0.6 is 0 Å². The van der Waals surface area contributed by atoms with Crippen molar-refractivity contribution in [1.29, 1.82) is 0 Å². The van der Waals surface area contributed by atoms with Gasteiger partial charge in [0.05, 0.1) is 13.1 Å². The summed E-state index contributed by atoms with van der Waals surface area (Å²) in [5.74, 6) is 5.94. The number of nitrogens with one attached hydrogen (secondary N) is 1. The van der Waals surface area contributed by atoms with Crippen LogP contribution in [0.4, 0.5) is 19.0 Å². The number of aromatic nitrogens is 2. The van der Waals surface area contributed by atoms with E-state index >= 15 is 0 Å². The molecule has 0 aliphatic heterocycles. The van der Waals surface area contributed by atoms with Gasteiger partial charge in [-0.05, 0) is 20.8 Å². The third-order valence-electron chi connectivity index (χ3n) is 2.51. The quantitative estimate of drug-likeness (QED) is 0.635. The van der Waals surface area contributed by atoms with Gasteiger partial charge in [-0.15, -0.1) is 0 Å². The van der Waals surface area contributed by atoms with E-state index in [1.54, 1.807) is 26.8 Å².